The van der Waals surface area contributed by atoms with Gasteiger partial charge < -0.3 is 10.2 Å². The van der Waals surface area contributed by atoms with Crippen LogP contribution in [-0.4, -0.2) is 41.4 Å². The van der Waals surface area contributed by atoms with Gasteiger partial charge in [-0.1, -0.05) is 0 Å². The predicted octanol–water partition coefficient (Wildman–Crippen LogP) is -1.88. The molecule has 0 aromatic carbocycles. The Kier molecular flexibility index (Phi) is 3.90. The molecule has 0 radical (unpaired) electrons. The van der Waals surface area contributed by atoms with Gasteiger partial charge in [-0.15, -0.1) is 0 Å². The molecule has 0 saturated carbocycles. The van der Waals surface area contributed by atoms with Gasteiger partial charge in [-0.25, -0.2) is 0 Å². The Hall–Kier alpha value is -0.210. The molecule has 0 spiro atoms. The van der Waals surface area contributed by atoms with Crippen LogP contribution in [-0.2, 0) is 10.1 Å². The average molecular weight is 185 g/mol. The zero-order valence-corrected chi connectivity index (χ0v) is 6.74. The molecule has 0 aliphatic rings. The van der Waals surface area contributed by atoms with E-state index in [2.05, 4.69) is 5.32 Å². The zero-order valence-electron chi connectivity index (χ0n) is 5.93. The van der Waals surface area contributed by atoms with E-state index in [1.54, 1.807) is 0 Å². The Morgan fingerprint density at radius 2 is 1.91 bits per heavy atom. The van der Waals surface area contributed by atoms with Crippen LogP contribution in [0.2, 0.25) is 0 Å². The van der Waals surface area contributed by atoms with E-state index >= 15 is 0 Å². The third-order valence-electron chi connectivity index (χ3n) is 1.03. The monoisotopic (exact) mass is 185 g/mol. The molecule has 0 amide bonds. The molecular weight excluding hydrogens is 174 g/mol. The first-order valence-corrected chi connectivity index (χ1v) is 4.40. The summed E-state index contributed by atoms with van der Waals surface area (Å²) in [6.45, 7) is 0.888. The van der Waals surface area contributed by atoms with Gasteiger partial charge in [0.15, 0.2) is 6.29 Å². The highest BCUT2D eigenvalue weighted by Crippen LogP contribution is 1.91. The van der Waals surface area contributed by atoms with E-state index in [4.69, 9.17) is 14.8 Å². The SMILES string of the molecule is CC(NCC(O)O)S(=O)(=O)O. The van der Waals surface area contributed by atoms with Crippen molar-refractivity contribution in [2.45, 2.75) is 18.6 Å². The van der Waals surface area contributed by atoms with Gasteiger partial charge in [-0.2, -0.15) is 8.42 Å². The van der Waals surface area contributed by atoms with Crippen LogP contribution in [0.15, 0.2) is 0 Å². The van der Waals surface area contributed by atoms with Crippen LogP contribution >= 0.6 is 0 Å². The second kappa shape index (κ2) is 3.98. The Labute approximate surface area is 64.6 Å². The van der Waals surface area contributed by atoms with Crippen molar-refractivity contribution in [3.8, 4) is 0 Å². The summed E-state index contributed by atoms with van der Waals surface area (Å²) in [5, 5.41) is 17.6. The topological polar surface area (TPSA) is 107 Å². The summed E-state index contributed by atoms with van der Waals surface area (Å²) in [5.74, 6) is 0. The molecule has 68 valence electrons. The maximum Gasteiger partial charge on any atom is 0.280 e. The molecular formula is C4H11NO5S. The first-order valence-electron chi connectivity index (χ1n) is 2.90. The van der Waals surface area contributed by atoms with Crippen molar-refractivity contribution in [2.24, 2.45) is 0 Å². The molecule has 0 bridgehead atoms. The number of hydrogen-bond acceptors (Lipinski definition) is 5. The van der Waals surface area contributed by atoms with E-state index in [9.17, 15) is 8.42 Å². The van der Waals surface area contributed by atoms with Gasteiger partial charge in [0.05, 0.1) is 0 Å². The van der Waals surface area contributed by atoms with Crippen molar-refractivity contribution in [1.29, 1.82) is 0 Å². The van der Waals surface area contributed by atoms with Gasteiger partial charge in [0, 0.05) is 6.54 Å². The van der Waals surface area contributed by atoms with Crippen LogP contribution in [0.4, 0.5) is 0 Å². The lowest BCUT2D eigenvalue weighted by Gasteiger charge is -2.10. The molecule has 0 aromatic heterocycles. The molecule has 0 saturated heterocycles. The molecule has 6 nitrogen and oxygen atoms in total. The fourth-order valence-electron chi connectivity index (χ4n) is 0.377. The van der Waals surface area contributed by atoms with Crippen molar-refractivity contribution in [3.05, 3.63) is 0 Å². The summed E-state index contributed by atoms with van der Waals surface area (Å²) in [4.78, 5) is 0. The maximum absolute atomic E-state index is 10.3. The molecule has 1 atom stereocenters. The average Bonchev–Trinajstić information content (AvgIpc) is 1.80. The molecule has 0 heterocycles. The lowest BCUT2D eigenvalue weighted by Crippen LogP contribution is -2.38. The number of hydrogen-bond donors (Lipinski definition) is 4. The van der Waals surface area contributed by atoms with Gasteiger partial charge in [0.25, 0.3) is 10.1 Å². The molecule has 0 fully saturated rings. The summed E-state index contributed by atoms with van der Waals surface area (Å²) in [6.07, 6.45) is -1.63. The summed E-state index contributed by atoms with van der Waals surface area (Å²) in [7, 11) is -4.13. The second-order valence-corrected chi connectivity index (χ2v) is 3.78. The van der Waals surface area contributed by atoms with Gasteiger partial charge in [-0.05, 0) is 6.92 Å². The minimum atomic E-state index is -4.13. The lowest BCUT2D eigenvalue weighted by molar-refractivity contribution is -0.0374. The minimum Gasteiger partial charge on any atom is -0.367 e. The summed E-state index contributed by atoms with van der Waals surface area (Å²) < 4.78 is 28.9. The highest BCUT2D eigenvalue weighted by Gasteiger charge is 2.16. The number of aliphatic hydroxyl groups excluding tert-OH is 1. The normalized spacial score (nSPS) is 15.4. The van der Waals surface area contributed by atoms with Crippen LogP contribution in [0.3, 0.4) is 0 Å². The first kappa shape index (κ1) is 10.8. The quantitative estimate of drug-likeness (QED) is 0.302. The molecule has 4 N–H and O–H groups in total. The smallest absolute Gasteiger partial charge is 0.280 e. The van der Waals surface area contributed by atoms with E-state index in [1.165, 1.54) is 6.92 Å². The Morgan fingerprint density at radius 1 is 1.45 bits per heavy atom. The van der Waals surface area contributed by atoms with Crippen LogP contribution in [0.1, 0.15) is 6.92 Å². The first-order chi connectivity index (χ1) is 4.84. The molecule has 0 aromatic rings. The van der Waals surface area contributed by atoms with Gasteiger partial charge in [0.1, 0.15) is 5.37 Å². The summed E-state index contributed by atoms with van der Waals surface area (Å²) in [6, 6.07) is 0. The predicted molar refractivity (Wildman–Crippen MR) is 37.2 cm³/mol. The number of nitrogens with one attached hydrogen (secondary N) is 1. The Balaban J connectivity index is 3.81. The van der Waals surface area contributed by atoms with E-state index in [1.807, 2.05) is 0 Å². The Bertz CT molecular complexity index is 199. The van der Waals surface area contributed by atoms with Gasteiger partial charge in [0.2, 0.25) is 0 Å². The second-order valence-electron chi connectivity index (χ2n) is 2.05. The molecule has 1 unspecified atom stereocenters. The van der Waals surface area contributed by atoms with Gasteiger partial charge >= 0.3 is 0 Å². The third kappa shape index (κ3) is 5.10. The molecule has 0 aliphatic carbocycles. The van der Waals surface area contributed by atoms with Gasteiger partial charge in [-0.3, -0.25) is 9.87 Å². The third-order valence-corrected chi connectivity index (χ3v) is 2.09. The van der Waals surface area contributed by atoms with Crippen molar-refractivity contribution < 1.29 is 23.2 Å². The maximum atomic E-state index is 10.3. The highest BCUT2D eigenvalue weighted by molar-refractivity contribution is 7.86. The fourth-order valence-corrected chi connectivity index (χ4v) is 0.684. The van der Waals surface area contributed by atoms with Crippen molar-refractivity contribution in [3.63, 3.8) is 0 Å². The Morgan fingerprint density at radius 3 is 2.18 bits per heavy atom. The van der Waals surface area contributed by atoms with E-state index in [0.717, 1.165) is 0 Å². The summed E-state index contributed by atoms with van der Waals surface area (Å²) in [5.41, 5.74) is 0. The van der Waals surface area contributed by atoms with Crippen molar-refractivity contribution in [1.82, 2.24) is 5.32 Å². The van der Waals surface area contributed by atoms with Crippen LogP contribution in [0.25, 0.3) is 0 Å². The number of rotatable bonds is 4. The fraction of sp³-hybridized carbons (Fsp3) is 1.00. The standard InChI is InChI=1S/C4H11NO5S/c1-3(11(8,9)10)5-2-4(6)7/h3-7H,2H2,1H3,(H,8,9,10). The largest absolute Gasteiger partial charge is 0.367 e. The van der Waals surface area contributed by atoms with E-state index in [-0.39, 0.29) is 6.54 Å². The summed E-state index contributed by atoms with van der Waals surface area (Å²) >= 11 is 0. The van der Waals surface area contributed by atoms with E-state index < -0.39 is 21.8 Å². The van der Waals surface area contributed by atoms with Crippen LogP contribution in [0.5, 0.6) is 0 Å². The molecule has 11 heavy (non-hydrogen) atoms. The highest BCUT2D eigenvalue weighted by atomic mass is 32.2. The van der Waals surface area contributed by atoms with Crippen LogP contribution in [0, 0.1) is 0 Å². The number of aliphatic hydroxyl groups is 2. The molecule has 0 rings (SSSR count). The van der Waals surface area contributed by atoms with Crippen molar-refractivity contribution >= 4 is 10.1 Å². The lowest BCUT2D eigenvalue weighted by atomic mass is 10.6. The molecule has 7 heteroatoms. The zero-order chi connectivity index (χ0) is 9.07. The van der Waals surface area contributed by atoms with Crippen LogP contribution < -0.4 is 5.32 Å². The van der Waals surface area contributed by atoms with Crippen molar-refractivity contribution in [2.75, 3.05) is 6.54 Å². The minimum absolute atomic E-state index is 0.305. The molecule has 0 aliphatic heterocycles. The van der Waals surface area contributed by atoms with E-state index in [0.29, 0.717) is 0 Å².